The van der Waals surface area contributed by atoms with Crippen molar-refractivity contribution in [3.8, 4) is 0 Å². The molecule has 1 aromatic heterocycles. The minimum absolute atomic E-state index is 0.446. The van der Waals surface area contributed by atoms with Crippen LogP contribution in [-0.4, -0.2) is 21.3 Å². The van der Waals surface area contributed by atoms with Gasteiger partial charge in [0.1, 0.15) is 5.01 Å². The van der Waals surface area contributed by atoms with E-state index in [0.29, 0.717) is 17.0 Å². The number of hydrogen-bond donors (Lipinski definition) is 2. The maximum Gasteiger partial charge on any atom is 0.167 e. The summed E-state index contributed by atoms with van der Waals surface area (Å²) in [7, 11) is 0. The van der Waals surface area contributed by atoms with Gasteiger partial charge < -0.3 is 10.2 Å². The summed E-state index contributed by atoms with van der Waals surface area (Å²) >= 11 is 1.42. The Kier molecular flexibility index (Phi) is 3.76. The van der Waals surface area contributed by atoms with Crippen molar-refractivity contribution in [3.63, 3.8) is 0 Å². The summed E-state index contributed by atoms with van der Waals surface area (Å²) < 4.78 is 1.00. The summed E-state index contributed by atoms with van der Waals surface area (Å²) in [5.41, 5.74) is 0.0354. The SMILES string of the molecule is CC[C@H](O)[C@@](O)(c1ccccc1)c1nc2ccccc2s1. The van der Waals surface area contributed by atoms with Crippen LogP contribution in [0, 0.1) is 0 Å². The lowest BCUT2D eigenvalue weighted by Crippen LogP contribution is -2.40. The Balaban J connectivity index is 2.20. The lowest BCUT2D eigenvalue weighted by molar-refractivity contribution is -0.0508. The number of aliphatic hydroxyl groups is 2. The fourth-order valence-electron chi connectivity index (χ4n) is 2.48. The Morgan fingerprint density at radius 1 is 1.10 bits per heavy atom. The lowest BCUT2D eigenvalue weighted by atomic mass is 9.87. The molecule has 21 heavy (non-hydrogen) atoms. The number of benzene rings is 2. The third kappa shape index (κ3) is 2.35. The number of nitrogens with zero attached hydrogens (tertiary/aromatic N) is 1. The molecule has 0 radical (unpaired) electrons. The second kappa shape index (κ2) is 5.56. The van der Waals surface area contributed by atoms with E-state index in [1.165, 1.54) is 11.3 Å². The van der Waals surface area contributed by atoms with Crippen LogP contribution in [0.3, 0.4) is 0 Å². The Morgan fingerprint density at radius 3 is 2.43 bits per heavy atom. The smallest absolute Gasteiger partial charge is 0.167 e. The van der Waals surface area contributed by atoms with E-state index in [4.69, 9.17) is 0 Å². The van der Waals surface area contributed by atoms with Gasteiger partial charge in [-0.2, -0.15) is 0 Å². The zero-order chi connectivity index (χ0) is 14.9. The van der Waals surface area contributed by atoms with Crippen LogP contribution in [0.4, 0.5) is 0 Å². The molecular formula is C17H17NO2S. The maximum absolute atomic E-state index is 11.2. The highest BCUT2D eigenvalue weighted by Crippen LogP contribution is 2.38. The minimum Gasteiger partial charge on any atom is -0.389 e. The molecule has 0 saturated heterocycles. The molecule has 0 fully saturated rings. The molecule has 2 N–H and O–H groups in total. The first-order chi connectivity index (χ1) is 10.2. The van der Waals surface area contributed by atoms with Crippen molar-refractivity contribution >= 4 is 21.6 Å². The first-order valence-corrected chi connectivity index (χ1v) is 7.80. The molecule has 4 heteroatoms. The average Bonchev–Trinajstić information content (AvgIpc) is 2.98. The van der Waals surface area contributed by atoms with Crippen molar-refractivity contribution in [3.05, 3.63) is 65.2 Å². The minimum atomic E-state index is -1.47. The van der Waals surface area contributed by atoms with E-state index in [1.807, 2.05) is 61.5 Å². The molecule has 3 aromatic rings. The van der Waals surface area contributed by atoms with Crippen molar-refractivity contribution in [1.82, 2.24) is 4.98 Å². The van der Waals surface area contributed by atoms with E-state index >= 15 is 0 Å². The fourth-order valence-corrected chi connectivity index (χ4v) is 3.61. The predicted molar refractivity (Wildman–Crippen MR) is 85.4 cm³/mol. The molecule has 0 unspecified atom stereocenters. The molecule has 0 aliphatic heterocycles. The van der Waals surface area contributed by atoms with Gasteiger partial charge in [-0.3, -0.25) is 0 Å². The van der Waals surface area contributed by atoms with Gasteiger partial charge in [0, 0.05) is 0 Å². The summed E-state index contributed by atoms with van der Waals surface area (Å²) in [4.78, 5) is 4.54. The molecule has 3 rings (SSSR count). The molecular weight excluding hydrogens is 282 g/mol. The number of para-hydroxylation sites is 1. The Labute approximate surface area is 127 Å². The van der Waals surface area contributed by atoms with Gasteiger partial charge in [-0.1, -0.05) is 49.4 Å². The second-order valence-electron chi connectivity index (χ2n) is 5.04. The van der Waals surface area contributed by atoms with E-state index in [2.05, 4.69) is 4.98 Å². The highest BCUT2D eigenvalue weighted by Gasteiger charge is 2.41. The van der Waals surface area contributed by atoms with Crippen LogP contribution in [0.15, 0.2) is 54.6 Å². The number of aliphatic hydroxyl groups excluding tert-OH is 1. The summed E-state index contributed by atoms with van der Waals surface area (Å²) in [6, 6.07) is 17.0. The Hall–Kier alpha value is -1.75. The van der Waals surface area contributed by atoms with Gasteiger partial charge in [-0.05, 0) is 24.1 Å². The molecule has 2 atom stereocenters. The Bertz CT molecular complexity index is 708. The summed E-state index contributed by atoms with van der Waals surface area (Å²) in [6.45, 7) is 1.85. The largest absolute Gasteiger partial charge is 0.389 e. The van der Waals surface area contributed by atoms with Crippen molar-refractivity contribution in [2.75, 3.05) is 0 Å². The predicted octanol–water partition coefficient (Wildman–Crippen LogP) is 3.30. The molecule has 1 heterocycles. The zero-order valence-corrected chi connectivity index (χ0v) is 12.5. The Morgan fingerprint density at radius 2 is 1.76 bits per heavy atom. The lowest BCUT2D eigenvalue weighted by Gasteiger charge is -2.31. The van der Waals surface area contributed by atoms with E-state index in [1.54, 1.807) is 0 Å². The number of fused-ring (bicyclic) bond motifs is 1. The van der Waals surface area contributed by atoms with Crippen LogP contribution in [0.2, 0.25) is 0 Å². The number of aromatic nitrogens is 1. The molecule has 2 aromatic carbocycles. The van der Waals surface area contributed by atoms with Gasteiger partial charge in [-0.15, -0.1) is 11.3 Å². The molecule has 3 nitrogen and oxygen atoms in total. The van der Waals surface area contributed by atoms with Gasteiger partial charge in [0.05, 0.1) is 16.3 Å². The fraction of sp³-hybridized carbons (Fsp3) is 0.235. The monoisotopic (exact) mass is 299 g/mol. The number of rotatable bonds is 4. The van der Waals surface area contributed by atoms with Crippen LogP contribution in [-0.2, 0) is 5.60 Å². The maximum atomic E-state index is 11.2. The van der Waals surface area contributed by atoms with Crippen molar-refractivity contribution < 1.29 is 10.2 Å². The molecule has 108 valence electrons. The molecule has 0 saturated carbocycles. The van der Waals surface area contributed by atoms with Gasteiger partial charge in [0.25, 0.3) is 0 Å². The van der Waals surface area contributed by atoms with Crippen LogP contribution in [0.5, 0.6) is 0 Å². The van der Waals surface area contributed by atoms with Crippen LogP contribution < -0.4 is 0 Å². The van der Waals surface area contributed by atoms with Crippen molar-refractivity contribution in [2.24, 2.45) is 0 Å². The van der Waals surface area contributed by atoms with Gasteiger partial charge in [0.15, 0.2) is 5.60 Å². The van der Waals surface area contributed by atoms with Gasteiger partial charge in [-0.25, -0.2) is 4.98 Å². The van der Waals surface area contributed by atoms with Crippen molar-refractivity contribution in [1.29, 1.82) is 0 Å². The first kappa shape index (κ1) is 14.2. The summed E-state index contributed by atoms with van der Waals surface area (Å²) in [5.74, 6) is 0. The highest BCUT2D eigenvalue weighted by atomic mass is 32.1. The molecule has 0 bridgehead atoms. The van der Waals surface area contributed by atoms with Gasteiger partial charge >= 0.3 is 0 Å². The second-order valence-corrected chi connectivity index (χ2v) is 6.07. The van der Waals surface area contributed by atoms with E-state index < -0.39 is 11.7 Å². The number of thiazole rings is 1. The van der Waals surface area contributed by atoms with Crippen LogP contribution >= 0.6 is 11.3 Å². The van der Waals surface area contributed by atoms with Crippen LogP contribution in [0.1, 0.15) is 23.9 Å². The van der Waals surface area contributed by atoms with E-state index in [-0.39, 0.29) is 0 Å². The standard InChI is InChI=1S/C17H17NO2S/c1-2-15(19)17(20,12-8-4-3-5-9-12)16-18-13-10-6-7-11-14(13)21-16/h3-11,15,19-20H,2H2,1H3/t15-,17-/m0/s1. The van der Waals surface area contributed by atoms with E-state index in [9.17, 15) is 10.2 Å². The quantitative estimate of drug-likeness (QED) is 0.777. The average molecular weight is 299 g/mol. The molecule has 0 aliphatic carbocycles. The normalized spacial score (nSPS) is 15.8. The van der Waals surface area contributed by atoms with Gasteiger partial charge in [0.2, 0.25) is 0 Å². The molecule has 0 amide bonds. The van der Waals surface area contributed by atoms with E-state index in [0.717, 1.165) is 10.2 Å². The first-order valence-electron chi connectivity index (χ1n) is 6.98. The third-order valence-corrected chi connectivity index (χ3v) is 4.86. The molecule has 0 aliphatic rings. The zero-order valence-electron chi connectivity index (χ0n) is 11.7. The topological polar surface area (TPSA) is 53.4 Å². The van der Waals surface area contributed by atoms with Crippen LogP contribution in [0.25, 0.3) is 10.2 Å². The van der Waals surface area contributed by atoms with Crippen molar-refractivity contribution in [2.45, 2.75) is 25.0 Å². The summed E-state index contributed by atoms with van der Waals surface area (Å²) in [5, 5.41) is 22.2. The number of hydrogen-bond acceptors (Lipinski definition) is 4. The highest BCUT2D eigenvalue weighted by molar-refractivity contribution is 7.18. The molecule has 0 spiro atoms. The third-order valence-electron chi connectivity index (χ3n) is 3.70. The summed E-state index contributed by atoms with van der Waals surface area (Å²) in [6.07, 6.45) is -0.457.